The molecular weight excluding hydrogens is 1640 g/mol. The SMILES string of the molecule is CCN(CC)CCOc1ccc(C2=C3C4=C(CCC3C3CCC(=O)[C@@]3(C)C2)CC(=O)CC4)cc1.CCN(CC)CCOc1ccc([C@@H]2C[C@]3(C)C(=O)CCC3C3CCC4=CC(=O)CCC4=C32)cc1.CCN(CC)CCOc1ccc([C@H]2C[C@]3(C)C(=O)CCC3C3CCC4=CC(=O)CCC4=C32)cc1.C[C@]12CC=C3C(CCC45CC6(CCC34O5)OCCO6)C1CC=C2O[Si](C)(C)C. The van der Waals surface area contributed by atoms with Crippen molar-refractivity contribution in [2.75, 3.05) is 91.9 Å². The number of ether oxygens (including phenoxy) is 6. The number of nitrogens with zero attached hydrogens (tertiary/aromatic N) is 3. The van der Waals surface area contributed by atoms with E-state index in [1.165, 1.54) is 73.5 Å². The summed E-state index contributed by atoms with van der Waals surface area (Å²) in [6, 6.07) is 25.9. The van der Waals surface area contributed by atoms with Gasteiger partial charge in [0.1, 0.15) is 71.4 Å². The van der Waals surface area contributed by atoms with Crippen molar-refractivity contribution in [1.82, 2.24) is 14.7 Å². The number of benzene rings is 3. The zero-order valence-corrected chi connectivity index (χ0v) is 82.1. The molecule has 1 spiro atoms. The highest BCUT2D eigenvalue weighted by Gasteiger charge is 2.79. The van der Waals surface area contributed by atoms with Gasteiger partial charge in [0.15, 0.2) is 17.4 Å². The van der Waals surface area contributed by atoms with Gasteiger partial charge in [-0.05, 0) is 351 Å². The third kappa shape index (κ3) is 17.4. The smallest absolute Gasteiger partial charge is 0.241 e. The van der Waals surface area contributed by atoms with E-state index >= 15 is 0 Å². The van der Waals surface area contributed by atoms with Crippen molar-refractivity contribution in [2.24, 2.45) is 69.0 Å². The normalized spacial score (nSPS) is 34.0. The van der Waals surface area contributed by atoms with Crippen molar-refractivity contribution in [1.29, 1.82) is 0 Å². The highest BCUT2D eigenvalue weighted by Crippen LogP contribution is 2.74. The van der Waals surface area contributed by atoms with E-state index in [0.29, 0.717) is 116 Å². The maximum Gasteiger partial charge on any atom is 0.241 e. The number of hydrogen-bond acceptors (Lipinski definition) is 16. The second-order valence-corrected chi connectivity index (χ2v) is 48.4. The first-order chi connectivity index (χ1) is 62.5. The second kappa shape index (κ2) is 37.5. The summed E-state index contributed by atoms with van der Waals surface area (Å²) in [4.78, 5) is 82.8. The number of hydrogen-bond donors (Lipinski definition) is 0. The minimum atomic E-state index is -1.58. The van der Waals surface area contributed by atoms with Gasteiger partial charge in [-0.3, -0.25) is 28.8 Å². The molecule has 130 heavy (non-hydrogen) atoms. The molecular formula is C113H151N3O13Si. The molecule has 0 amide bonds. The van der Waals surface area contributed by atoms with Gasteiger partial charge >= 0.3 is 0 Å². The standard InChI is InChI=1S/3C30H39NO3.C23H34O4Si/c3*1-4-31(5-2)16-17-34-23-10-6-20(7-11-23)26-19-30(3)27(14-15-28(30)33)25-12-8-21-18-22(32)9-13-24(21)29(25)26;1-20-9-8-18-16(17(20)5-6-19(20)26-28(2,3)4)7-10-21-15-22(24-13-14-25-22)11-12-23(18,21)27-21/h6-7,10-11,25,27H,4-5,8-9,12-19H2,1-3H3;2*6-7,10-11,18,25-27H,4-5,8-9,12-17,19H2,1-3H3;6,8,16-17H,5,7,9-15H2,1-4H3/t25?,27?,30-;25?,26-,27?,30+;25?,26-,27?,30-;16?,17?,20-,21?,23?/m0100/s1. The Morgan fingerprint density at radius 2 is 0.915 bits per heavy atom. The summed E-state index contributed by atoms with van der Waals surface area (Å²) in [6.07, 6.45) is 35.7. The maximum atomic E-state index is 13.1. The number of likely N-dealkylation sites (N-methyl/N-ethyl adjacent to an activating group) is 3. The number of fused-ring (bicyclic) bond motifs is 15. The molecule has 0 aromatic heterocycles. The molecule has 2 heterocycles. The number of epoxide rings is 1. The first kappa shape index (κ1) is 93.2. The highest BCUT2D eigenvalue weighted by molar-refractivity contribution is 6.70. The average Bonchev–Trinajstić information content (AvgIpc) is 1.48. The summed E-state index contributed by atoms with van der Waals surface area (Å²) < 4.78 is 43.5. The molecule has 0 radical (unpaired) electrons. The Hall–Kier alpha value is -7.22. The Morgan fingerprint density at radius 1 is 0.446 bits per heavy atom. The molecule has 16 aliphatic carbocycles. The summed E-state index contributed by atoms with van der Waals surface area (Å²) in [5.41, 5.74) is 19.1. The minimum Gasteiger partial charge on any atom is -0.547 e. The Kier molecular flexibility index (Phi) is 26.8. The summed E-state index contributed by atoms with van der Waals surface area (Å²) >= 11 is 0. The largest absolute Gasteiger partial charge is 0.547 e. The van der Waals surface area contributed by atoms with Gasteiger partial charge in [-0.1, -0.05) is 128 Å². The van der Waals surface area contributed by atoms with Crippen molar-refractivity contribution >= 4 is 48.6 Å². The number of rotatable bonds is 23. The van der Waals surface area contributed by atoms with Gasteiger partial charge in [-0.15, -0.1) is 0 Å². The van der Waals surface area contributed by atoms with Gasteiger partial charge in [0.05, 0.1) is 19.0 Å². The molecule has 17 heteroatoms. The van der Waals surface area contributed by atoms with Crippen LogP contribution in [0.3, 0.4) is 0 Å². The number of Topliss-reactive ketones (excluding diaryl/α,β-unsaturated/α-hetero) is 4. The molecule has 18 aliphatic rings. The van der Waals surface area contributed by atoms with Gasteiger partial charge in [-0.25, -0.2) is 0 Å². The second-order valence-electron chi connectivity index (χ2n) is 44.0. The summed E-state index contributed by atoms with van der Waals surface area (Å²) in [6.45, 7) is 41.7. The van der Waals surface area contributed by atoms with E-state index in [1.54, 1.807) is 16.7 Å². The first-order valence-corrected chi connectivity index (χ1v) is 54.9. The van der Waals surface area contributed by atoms with Crippen molar-refractivity contribution in [3.63, 3.8) is 0 Å². The van der Waals surface area contributed by atoms with Crippen molar-refractivity contribution in [3.8, 4) is 17.2 Å². The van der Waals surface area contributed by atoms with Gasteiger partial charge in [0.25, 0.3) is 0 Å². The molecule has 10 unspecified atom stereocenters. The Bertz CT molecular complexity index is 4930. The van der Waals surface area contributed by atoms with Crippen LogP contribution in [0.5, 0.6) is 17.2 Å². The van der Waals surface area contributed by atoms with E-state index in [1.807, 2.05) is 12.2 Å². The lowest BCUT2D eigenvalue weighted by atomic mass is 9.53. The molecule has 3 aromatic carbocycles. The van der Waals surface area contributed by atoms with Crippen LogP contribution in [0.15, 0.2) is 159 Å². The van der Waals surface area contributed by atoms with E-state index in [0.717, 1.165) is 243 Å². The van der Waals surface area contributed by atoms with Crippen LogP contribution in [0.4, 0.5) is 0 Å². The fourth-order valence-corrected chi connectivity index (χ4v) is 30.3. The van der Waals surface area contributed by atoms with Crippen molar-refractivity contribution < 1.29 is 61.6 Å². The van der Waals surface area contributed by atoms with Crippen LogP contribution in [-0.4, -0.2) is 167 Å². The van der Waals surface area contributed by atoms with E-state index < -0.39 is 8.32 Å². The molecule has 9 fully saturated rings. The molecule has 7 saturated carbocycles. The maximum absolute atomic E-state index is 13.1. The fourth-order valence-electron chi connectivity index (χ4n) is 29.3. The first-order valence-electron chi connectivity index (χ1n) is 51.5. The Morgan fingerprint density at radius 3 is 1.41 bits per heavy atom. The van der Waals surface area contributed by atoms with Crippen molar-refractivity contribution in [2.45, 2.75) is 304 Å². The molecule has 700 valence electrons. The topological polar surface area (TPSA) is 180 Å². The van der Waals surface area contributed by atoms with Gasteiger partial charge in [-0.2, -0.15) is 0 Å². The average molecular weight is 1790 g/mol. The molecule has 0 bridgehead atoms. The number of carbonyl (C=O) groups is 6. The third-order valence-electron chi connectivity index (χ3n) is 36.4. The molecule has 2 aliphatic heterocycles. The van der Waals surface area contributed by atoms with Gasteiger partial charge in [0.2, 0.25) is 8.32 Å². The summed E-state index contributed by atoms with van der Waals surface area (Å²) in [5.74, 6) is 10.6. The molecule has 16 nitrogen and oxygen atoms in total. The zero-order chi connectivity index (χ0) is 91.0. The molecule has 0 N–H and O–H groups in total. The van der Waals surface area contributed by atoms with Crippen LogP contribution >= 0.6 is 0 Å². The van der Waals surface area contributed by atoms with Gasteiger partial charge < -0.3 is 47.5 Å². The quantitative estimate of drug-likeness (QED) is 0.0496. The minimum absolute atomic E-state index is 0.0137. The number of ketones is 6. The number of allylic oxidation sites excluding steroid dienone is 15. The van der Waals surface area contributed by atoms with Crippen LogP contribution in [0.25, 0.3) is 5.57 Å². The highest BCUT2D eigenvalue weighted by atomic mass is 28.4. The van der Waals surface area contributed by atoms with Gasteiger partial charge in [0, 0.05) is 111 Å². The zero-order valence-electron chi connectivity index (χ0n) is 81.1. The third-order valence-corrected chi connectivity index (χ3v) is 37.2. The summed E-state index contributed by atoms with van der Waals surface area (Å²) in [5, 5.41) is 0. The predicted octanol–water partition coefficient (Wildman–Crippen LogP) is 22.7. The van der Waals surface area contributed by atoms with Crippen LogP contribution in [0, 0.1) is 69.0 Å². The molecule has 21 rings (SSSR count). The van der Waals surface area contributed by atoms with E-state index in [2.05, 4.69) is 189 Å². The summed E-state index contributed by atoms with van der Waals surface area (Å²) in [7, 11) is -1.58. The fraction of sp³-hybridized carbons (Fsp3) is 0.646. The lowest BCUT2D eigenvalue weighted by Crippen LogP contribution is -2.51. The molecule has 3 aromatic rings. The van der Waals surface area contributed by atoms with Crippen LogP contribution in [-0.2, 0) is 47.4 Å². The lowest BCUT2D eigenvalue weighted by molar-refractivity contribution is -0.185. The van der Waals surface area contributed by atoms with Crippen LogP contribution in [0.1, 0.15) is 284 Å². The Balaban J connectivity index is 0.000000117. The predicted molar refractivity (Wildman–Crippen MR) is 515 cm³/mol. The number of carbonyl (C=O) groups excluding carboxylic acids is 6. The van der Waals surface area contributed by atoms with E-state index in [-0.39, 0.29) is 62.1 Å². The molecule has 16 atom stereocenters. The van der Waals surface area contributed by atoms with Crippen molar-refractivity contribution in [3.05, 3.63) is 175 Å². The van der Waals surface area contributed by atoms with Crippen LogP contribution in [0.2, 0.25) is 19.6 Å². The monoisotopic (exact) mass is 1790 g/mol. The Labute approximate surface area is 777 Å². The van der Waals surface area contributed by atoms with E-state index in [9.17, 15) is 28.8 Å². The van der Waals surface area contributed by atoms with Crippen LogP contribution < -0.4 is 14.2 Å². The molecule has 2 saturated heterocycles. The lowest BCUT2D eigenvalue weighted by Gasteiger charge is -2.50. The van der Waals surface area contributed by atoms with E-state index in [4.69, 9.17) is 32.8 Å².